The van der Waals surface area contributed by atoms with Gasteiger partial charge in [0.15, 0.2) is 5.81 Å². The summed E-state index contributed by atoms with van der Waals surface area (Å²) >= 11 is 0. The fourth-order valence-corrected chi connectivity index (χ4v) is 0.977. The lowest BCUT2D eigenvalue weighted by atomic mass is 10.0. The van der Waals surface area contributed by atoms with Crippen LogP contribution in [0.15, 0.2) is 0 Å². The zero-order chi connectivity index (χ0) is 9.56. The molecule has 12 heavy (non-hydrogen) atoms. The Morgan fingerprint density at radius 2 is 1.75 bits per heavy atom. The first-order valence-electron chi connectivity index (χ1n) is 4.26. The van der Waals surface area contributed by atoms with Crippen LogP contribution in [-0.4, -0.2) is 37.4 Å². The van der Waals surface area contributed by atoms with Crippen molar-refractivity contribution in [2.45, 2.75) is 26.7 Å². The number of carbonyl (C=O) groups excluding carboxylic acids is 2. The molecular formula is C8H14BNO2. The van der Waals surface area contributed by atoms with Gasteiger partial charge >= 0.3 is 0 Å². The highest BCUT2D eigenvalue weighted by Gasteiger charge is 2.16. The molecule has 4 heteroatoms. The van der Waals surface area contributed by atoms with Gasteiger partial charge in [-0.3, -0.25) is 9.59 Å². The second-order valence-corrected chi connectivity index (χ2v) is 2.36. The first kappa shape index (κ1) is 11.2. The molecule has 0 unspecified atom stereocenters. The van der Waals surface area contributed by atoms with E-state index in [0.717, 1.165) is 0 Å². The molecule has 3 nitrogen and oxygen atoms in total. The van der Waals surface area contributed by atoms with E-state index in [1.807, 2.05) is 13.8 Å². The minimum atomic E-state index is -0.424. The number of hydrogen-bond acceptors (Lipinski definition) is 2. The summed E-state index contributed by atoms with van der Waals surface area (Å²) < 4.78 is 0. The van der Waals surface area contributed by atoms with Gasteiger partial charge in [0.1, 0.15) is 5.78 Å². The van der Waals surface area contributed by atoms with Gasteiger partial charge in [-0.25, -0.2) is 0 Å². The maximum absolute atomic E-state index is 10.7. The van der Waals surface area contributed by atoms with E-state index >= 15 is 0 Å². The molecule has 0 bridgehead atoms. The lowest BCUT2D eigenvalue weighted by Gasteiger charge is -2.24. The molecule has 0 aromatic rings. The summed E-state index contributed by atoms with van der Waals surface area (Å²) in [6.45, 7) is 4.99. The number of hydrogen-bond donors (Lipinski definition) is 0. The zero-order valence-corrected chi connectivity index (χ0v) is 7.67. The van der Waals surface area contributed by atoms with Crippen LogP contribution >= 0.6 is 0 Å². The monoisotopic (exact) mass is 167 g/mol. The predicted octanol–water partition coefficient (Wildman–Crippen LogP) is 0.966. The molecule has 0 aromatic carbocycles. The summed E-state index contributed by atoms with van der Waals surface area (Å²) in [7, 11) is 4.99. The van der Waals surface area contributed by atoms with E-state index in [0.29, 0.717) is 25.9 Å². The Bertz CT molecular complexity index is 160. The molecule has 1 amide bonds. The molecule has 2 radical (unpaired) electrons. The summed E-state index contributed by atoms with van der Waals surface area (Å²) in [5.41, 5.74) is 0. The number of rotatable bonds is 0. The van der Waals surface area contributed by atoms with E-state index in [1.54, 1.807) is 0 Å². The third kappa shape index (κ3) is 3.55. The third-order valence-corrected chi connectivity index (χ3v) is 1.63. The quantitative estimate of drug-likeness (QED) is 0.504. The average Bonchev–Trinajstić information content (AvgIpc) is 2.09. The minimum absolute atomic E-state index is 0.220. The van der Waals surface area contributed by atoms with Crippen molar-refractivity contribution in [1.29, 1.82) is 0 Å². The Morgan fingerprint density at radius 3 is 2.08 bits per heavy atom. The van der Waals surface area contributed by atoms with E-state index in [-0.39, 0.29) is 5.78 Å². The predicted molar refractivity (Wildman–Crippen MR) is 48.3 cm³/mol. The fraction of sp³-hybridized carbons (Fsp3) is 0.750. The van der Waals surface area contributed by atoms with Crippen molar-refractivity contribution >= 4 is 19.4 Å². The molecule has 0 spiro atoms. The van der Waals surface area contributed by atoms with E-state index < -0.39 is 5.81 Å². The number of nitrogens with zero attached hydrogens (tertiary/aromatic N) is 1. The second kappa shape index (κ2) is 5.80. The van der Waals surface area contributed by atoms with Crippen LogP contribution in [0, 0.1) is 0 Å². The summed E-state index contributed by atoms with van der Waals surface area (Å²) in [6, 6.07) is 0. The molecule has 66 valence electrons. The van der Waals surface area contributed by atoms with E-state index in [1.165, 1.54) is 4.90 Å². The number of ketones is 1. The fourth-order valence-electron chi connectivity index (χ4n) is 0.977. The van der Waals surface area contributed by atoms with Gasteiger partial charge < -0.3 is 4.90 Å². The van der Waals surface area contributed by atoms with Crippen LogP contribution in [-0.2, 0) is 4.79 Å². The van der Waals surface area contributed by atoms with E-state index in [2.05, 4.69) is 0 Å². The largest absolute Gasteiger partial charge is 0.352 e. The molecule has 1 fully saturated rings. The Balaban J connectivity index is 0.000000561. The molecule has 0 atom stereocenters. The van der Waals surface area contributed by atoms with Crippen LogP contribution in [0.2, 0.25) is 0 Å². The molecule has 0 aromatic heterocycles. The summed E-state index contributed by atoms with van der Waals surface area (Å²) in [6.07, 6.45) is 0.922. The van der Waals surface area contributed by atoms with Crippen molar-refractivity contribution in [3.8, 4) is 0 Å². The Kier molecular flexibility index (Phi) is 5.42. The number of piperidine rings is 1. The van der Waals surface area contributed by atoms with Crippen molar-refractivity contribution in [3.63, 3.8) is 0 Å². The molecule has 0 saturated carbocycles. The van der Waals surface area contributed by atoms with Gasteiger partial charge in [0.2, 0.25) is 7.85 Å². The number of likely N-dealkylation sites (tertiary alicyclic amines) is 1. The van der Waals surface area contributed by atoms with Gasteiger partial charge in [-0.15, -0.1) is 0 Å². The van der Waals surface area contributed by atoms with Gasteiger partial charge in [0.05, 0.1) is 0 Å². The molecule has 0 aliphatic carbocycles. The molecular weight excluding hydrogens is 153 g/mol. The molecule has 1 heterocycles. The minimum Gasteiger partial charge on any atom is -0.352 e. The highest BCUT2D eigenvalue weighted by molar-refractivity contribution is 6.56. The van der Waals surface area contributed by atoms with Crippen LogP contribution in [0.25, 0.3) is 0 Å². The molecule has 1 rings (SSSR count). The summed E-state index contributed by atoms with van der Waals surface area (Å²) in [4.78, 5) is 22.6. The highest BCUT2D eigenvalue weighted by Crippen LogP contribution is 2.04. The van der Waals surface area contributed by atoms with Gasteiger partial charge in [-0.1, -0.05) is 13.8 Å². The Morgan fingerprint density at radius 1 is 1.33 bits per heavy atom. The van der Waals surface area contributed by atoms with Crippen molar-refractivity contribution < 1.29 is 9.59 Å². The maximum atomic E-state index is 10.7. The summed E-state index contributed by atoms with van der Waals surface area (Å²) in [5.74, 6) is -0.204. The molecule has 1 aliphatic rings. The van der Waals surface area contributed by atoms with Crippen LogP contribution in [0.1, 0.15) is 26.7 Å². The van der Waals surface area contributed by atoms with Crippen LogP contribution in [0.3, 0.4) is 0 Å². The highest BCUT2D eigenvalue weighted by atomic mass is 16.2. The van der Waals surface area contributed by atoms with Crippen molar-refractivity contribution in [2.75, 3.05) is 13.1 Å². The first-order chi connectivity index (χ1) is 5.70. The van der Waals surface area contributed by atoms with Gasteiger partial charge in [0.25, 0.3) is 0 Å². The van der Waals surface area contributed by atoms with Gasteiger partial charge in [0, 0.05) is 25.9 Å². The molecule has 1 aliphatic heterocycles. The van der Waals surface area contributed by atoms with Crippen molar-refractivity contribution in [2.24, 2.45) is 0 Å². The topological polar surface area (TPSA) is 37.4 Å². The lowest BCUT2D eigenvalue weighted by Crippen LogP contribution is -2.37. The third-order valence-electron chi connectivity index (χ3n) is 1.63. The van der Waals surface area contributed by atoms with E-state index in [9.17, 15) is 9.59 Å². The van der Waals surface area contributed by atoms with Gasteiger partial charge in [-0.2, -0.15) is 0 Å². The standard InChI is InChI=1S/C6H8BNO2.C2H6/c7-6(10)8-3-1-5(9)2-4-8;1-2/h1-4H2;1-2H3. The first-order valence-corrected chi connectivity index (χ1v) is 4.26. The second-order valence-electron chi connectivity index (χ2n) is 2.36. The Hall–Kier alpha value is -0.795. The summed E-state index contributed by atoms with van der Waals surface area (Å²) in [5, 5.41) is 0. The number of Topliss-reactive ketones (excluding diaryl/α,β-unsaturated/α-hetero) is 1. The number of carbonyl (C=O) groups is 2. The van der Waals surface area contributed by atoms with Crippen LogP contribution < -0.4 is 0 Å². The van der Waals surface area contributed by atoms with Crippen molar-refractivity contribution in [1.82, 2.24) is 4.90 Å². The number of amides is 1. The smallest absolute Gasteiger partial charge is 0.200 e. The Labute approximate surface area is 74.5 Å². The zero-order valence-electron chi connectivity index (χ0n) is 7.67. The normalized spacial score (nSPS) is 16.5. The van der Waals surface area contributed by atoms with Crippen LogP contribution in [0.4, 0.5) is 4.79 Å². The lowest BCUT2D eigenvalue weighted by molar-refractivity contribution is -0.120. The van der Waals surface area contributed by atoms with Crippen molar-refractivity contribution in [3.05, 3.63) is 0 Å². The maximum Gasteiger partial charge on any atom is 0.200 e. The SMILES string of the molecule is CC.[B]C(=O)N1CCC(=O)CC1. The average molecular weight is 167 g/mol. The molecule has 1 saturated heterocycles. The van der Waals surface area contributed by atoms with E-state index in [4.69, 9.17) is 7.85 Å². The van der Waals surface area contributed by atoms with Gasteiger partial charge in [-0.05, 0) is 0 Å². The molecule has 0 N–H and O–H groups in total. The van der Waals surface area contributed by atoms with Crippen LogP contribution in [0.5, 0.6) is 0 Å².